The molecule has 1 aliphatic rings. The second kappa shape index (κ2) is 5.31. The summed E-state index contributed by atoms with van der Waals surface area (Å²) in [6, 6.07) is 0.631. The van der Waals surface area contributed by atoms with Gasteiger partial charge in [0.25, 0.3) is 0 Å². The molecule has 90 valence electrons. The maximum Gasteiger partial charge on any atom is 0.0331 e. The highest BCUT2D eigenvalue weighted by molar-refractivity contribution is 4.95. The molecule has 1 unspecified atom stereocenters. The predicted octanol–water partition coefficient (Wildman–Crippen LogP) is 2.62. The van der Waals surface area contributed by atoms with Crippen molar-refractivity contribution in [2.75, 3.05) is 13.6 Å². The quantitative estimate of drug-likeness (QED) is 0.776. The highest BCUT2D eigenvalue weighted by atomic mass is 15.2. The van der Waals surface area contributed by atoms with E-state index in [-0.39, 0.29) is 0 Å². The molecule has 0 aliphatic heterocycles. The van der Waals surface area contributed by atoms with Crippen molar-refractivity contribution in [1.82, 2.24) is 4.90 Å². The molecule has 1 rings (SSSR count). The first-order chi connectivity index (χ1) is 7.03. The lowest BCUT2D eigenvalue weighted by atomic mass is 9.79. The lowest BCUT2D eigenvalue weighted by Crippen LogP contribution is -2.57. The molecule has 0 saturated heterocycles. The SMILES string of the molecule is CC(C)C(C)N(C)C1(CN)CCCCC1. The van der Waals surface area contributed by atoms with E-state index in [0.29, 0.717) is 17.5 Å². The van der Waals surface area contributed by atoms with Crippen molar-refractivity contribution >= 4 is 0 Å². The molecule has 0 aromatic carbocycles. The van der Waals surface area contributed by atoms with Crippen LogP contribution in [-0.2, 0) is 0 Å². The van der Waals surface area contributed by atoms with Gasteiger partial charge in [-0.3, -0.25) is 4.90 Å². The minimum atomic E-state index is 0.294. The van der Waals surface area contributed by atoms with Crippen LogP contribution in [0.3, 0.4) is 0 Å². The summed E-state index contributed by atoms with van der Waals surface area (Å²) < 4.78 is 0. The number of hydrogen-bond donors (Lipinski definition) is 1. The highest BCUT2D eigenvalue weighted by Crippen LogP contribution is 2.34. The standard InChI is InChI=1S/C13H28N2/c1-11(2)12(3)15(4)13(10-14)8-6-5-7-9-13/h11-12H,5-10,14H2,1-4H3. The first kappa shape index (κ1) is 13.0. The third kappa shape index (κ3) is 2.73. The lowest BCUT2D eigenvalue weighted by molar-refractivity contribution is 0.0328. The molecule has 2 heteroatoms. The maximum absolute atomic E-state index is 6.04. The van der Waals surface area contributed by atoms with E-state index < -0.39 is 0 Å². The average Bonchev–Trinajstić information content (AvgIpc) is 2.27. The van der Waals surface area contributed by atoms with E-state index >= 15 is 0 Å². The summed E-state index contributed by atoms with van der Waals surface area (Å²) in [5.74, 6) is 0.709. The molecule has 0 radical (unpaired) electrons. The Hall–Kier alpha value is -0.0800. The second-order valence-corrected chi connectivity index (χ2v) is 5.58. The molecule has 2 nitrogen and oxygen atoms in total. The zero-order valence-corrected chi connectivity index (χ0v) is 10.9. The zero-order valence-electron chi connectivity index (χ0n) is 10.9. The van der Waals surface area contributed by atoms with Crippen LogP contribution in [0.4, 0.5) is 0 Å². The topological polar surface area (TPSA) is 29.3 Å². The molecule has 0 aromatic rings. The fourth-order valence-electron chi connectivity index (χ4n) is 2.79. The van der Waals surface area contributed by atoms with E-state index in [4.69, 9.17) is 5.73 Å². The Kier molecular flexibility index (Phi) is 4.60. The Balaban J connectivity index is 2.71. The molecular formula is C13H28N2. The van der Waals surface area contributed by atoms with Gasteiger partial charge < -0.3 is 5.73 Å². The molecule has 15 heavy (non-hydrogen) atoms. The number of likely N-dealkylation sites (N-methyl/N-ethyl adjacent to an activating group) is 1. The first-order valence-corrected chi connectivity index (χ1v) is 6.46. The Morgan fingerprint density at radius 2 is 1.67 bits per heavy atom. The molecular weight excluding hydrogens is 184 g/mol. The van der Waals surface area contributed by atoms with Gasteiger partial charge in [-0.1, -0.05) is 33.1 Å². The van der Waals surface area contributed by atoms with E-state index in [0.717, 1.165) is 6.54 Å². The Bertz CT molecular complexity index is 183. The van der Waals surface area contributed by atoms with Gasteiger partial charge >= 0.3 is 0 Å². The monoisotopic (exact) mass is 212 g/mol. The summed E-state index contributed by atoms with van der Waals surface area (Å²) in [6.45, 7) is 7.75. The van der Waals surface area contributed by atoms with Crippen molar-refractivity contribution in [3.63, 3.8) is 0 Å². The van der Waals surface area contributed by atoms with Crippen molar-refractivity contribution in [3.8, 4) is 0 Å². The zero-order chi connectivity index (χ0) is 11.5. The van der Waals surface area contributed by atoms with Gasteiger partial charge in [-0.15, -0.1) is 0 Å². The van der Waals surface area contributed by atoms with Crippen LogP contribution in [0, 0.1) is 5.92 Å². The van der Waals surface area contributed by atoms with E-state index in [1.165, 1.54) is 32.1 Å². The maximum atomic E-state index is 6.04. The number of nitrogens with two attached hydrogens (primary N) is 1. The van der Waals surface area contributed by atoms with Gasteiger partial charge in [0.15, 0.2) is 0 Å². The van der Waals surface area contributed by atoms with E-state index in [1.807, 2.05) is 0 Å². The molecule has 0 bridgehead atoms. The molecule has 0 aromatic heterocycles. The Labute approximate surface area is 95.2 Å². The van der Waals surface area contributed by atoms with Crippen LogP contribution in [-0.4, -0.2) is 30.1 Å². The van der Waals surface area contributed by atoms with Crippen molar-refractivity contribution < 1.29 is 0 Å². The van der Waals surface area contributed by atoms with Crippen LogP contribution in [0.25, 0.3) is 0 Å². The molecule has 1 saturated carbocycles. The first-order valence-electron chi connectivity index (χ1n) is 6.46. The smallest absolute Gasteiger partial charge is 0.0331 e. The van der Waals surface area contributed by atoms with Crippen molar-refractivity contribution in [1.29, 1.82) is 0 Å². The van der Waals surface area contributed by atoms with Crippen molar-refractivity contribution in [2.45, 2.75) is 64.5 Å². The van der Waals surface area contributed by atoms with Gasteiger partial charge in [-0.25, -0.2) is 0 Å². The van der Waals surface area contributed by atoms with Crippen LogP contribution in [0.1, 0.15) is 52.9 Å². The third-order valence-corrected chi connectivity index (χ3v) is 4.49. The lowest BCUT2D eigenvalue weighted by Gasteiger charge is -2.48. The summed E-state index contributed by atoms with van der Waals surface area (Å²) in [4.78, 5) is 2.55. The normalized spacial score (nSPS) is 23.4. The van der Waals surface area contributed by atoms with Crippen LogP contribution in [0.2, 0.25) is 0 Å². The van der Waals surface area contributed by atoms with Crippen LogP contribution in [0.15, 0.2) is 0 Å². The van der Waals surface area contributed by atoms with Gasteiger partial charge in [-0.05, 0) is 32.7 Å². The molecule has 1 aliphatic carbocycles. The number of rotatable bonds is 4. The number of nitrogens with zero attached hydrogens (tertiary/aromatic N) is 1. The highest BCUT2D eigenvalue weighted by Gasteiger charge is 2.37. The summed E-state index contributed by atoms with van der Waals surface area (Å²) in [6.07, 6.45) is 6.68. The van der Waals surface area contributed by atoms with Gasteiger partial charge in [0.05, 0.1) is 0 Å². The van der Waals surface area contributed by atoms with E-state index in [9.17, 15) is 0 Å². The minimum Gasteiger partial charge on any atom is -0.329 e. The molecule has 0 amide bonds. The molecule has 2 N–H and O–H groups in total. The van der Waals surface area contributed by atoms with Crippen molar-refractivity contribution in [2.24, 2.45) is 11.7 Å². The van der Waals surface area contributed by atoms with Crippen LogP contribution < -0.4 is 5.73 Å². The summed E-state index contributed by atoms with van der Waals surface area (Å²) in [5.41, 5.74) is 6.33. The van der Waals surface area contributed by atoms with Gasteiger partial charge in [0, 0.05) is 18.1 Å². The molecule has 1 fully saturated rings. The molecule has 0 heterocycles. The molecule has 1 atom stereocenters. The van der Waals surface area contributed by atoms with Crippen LogP contribution in [0.5, 0.6) is 0 Å². The van der Waals surface area contributed by atoms with Crippen LogP contribution >= 0.6 is 0 Å². The summed E-state index contributed by atoms with van der Waals surface area (Å²) in [7, 11) is 2.27. The third-order valence-electron chi connectivity index (χ3n) is 4.49. The summed E-state index contributed by atoms with van der Waals surface area (Å²) >= 11 is 0. The Morgan fingerprint density at radius 3 is 2.07 bits per heavy atom. The average molecular weight is 212 g/mol. The number of hydrogen-bond acceptors (Lipinski definition) is 2. The predicted molar refractivity (Wildman–Crippen MR) is 66.9 cm³/mol. The van der Waals surface area contributed by atoms with Gasteiger partial charge in [-0.2, -0.15) is 0 Å². The minimum absolute atomic E-state index is 0.294. The van der Waals surface area contributed by atoms with Gasteiger partial charge in [0.2, 0.25) is 0 Å². The van der Waals surface area contributed by atoms with E-state index in [1.54, 1.807) is 0 Å². The van der Waals surface area contributed by atoms with E-state index in [2.05, 4.69) is 32.7 Å². The largest absolute Gasteiger partial charge is 0.329 e. The summed E-state index contributed by atoms with van der Waals surface area (Å²) in [5, 5.41) is 0. The van der Waals surface area contributed by atoms with Crippen molar-refractivity contribution in [3.05, 3.63) is 0 Å². The Morgan fingerprint density at radius 1 is 1.13 bits per heavy atom. The molecule has 0 spiro atoms. The fourth-order valence-corrected chi connectivity index (χ4v) is 2.79. The second-order valence-electron chi connectivity index (χ2n) is 5.58. The fraction of sp³-hybridized carbons (Fsp3) is 1.00. The van der Waals surface area contributed by atoms with Gasteiger partial charge in [0.1, 0.15) is 0 Å².